The summed E-state index contributed by atoms with van der Waals surface area (Å²) in [6.07, 6.45) is 0. The first-order valence-electron chi connectivity index (χ1n) is 10.5. The van der Waals surface area contributed by atoms with Crippen LogP contribution in [0.5, 0.6) is 5.75 Å². The van der Waals surface area contributed by atoms with E-state index in [0.29, 0.717) is 28.3 Å². The van der Waals surface area contributed by atoms with Crippen LogP contribution < -0.4 is 10.9 Å². The smallest absolute Gasteiger partial charge is 0.322 e. The van der Waals surface area contributed by atoms with Gasteiger partial charge in [-0.1, -0.05) is 48.5 Å². The summed E-state index contributed by atoms with van der Waals surface area (Å²) in [6.45, 7) is 1.06. The lowest BCUT2D eigenvalue weighted by molar-refractivity contribution is -0.135. The van der Waals surface area contributed by atoms with Crippen LogP contribution in [0.4, 0.5) is 0 Å². The van der Waals surface area contributed by atoms with Crippen LogP contribution in [0.2, 0.25) is 0 Å². The molecule has 2 aromatic carbocycles. The standard InChI is InChI=1S/C25H22N2O6S/c1-14(28)16-6-8-18(9-7-16)17-4-2-15(3-5-17)11-27-20-13-34-12-19(20)23(31)22(25(27)33)24(32)26-10-21(29)30/h2-9,31H,10-13H2,1H3,(H,26,32)(H,29,30). The minimum absolute atomic E-state index is 0.00273. The van der Waals surface area contributed by atoms with E-state index >= 15 is 0 Å². The van der Waals surface area contributed by atoms with Crippen LogP contribution in [-0.2, 0) is 22.8 Å². The number of carboxylic acids is 1. The Morgan fingerprint density at radius 3 is 2.21 bits per heavy atom. The second-order valence-corrected chi connectivity index (χ2v) is 8.93. The number of thioether (sulfide) groups is 1. The number of nitrogens with one attached hydrogen (secondary N) is 1. The van der Waals surface area contributed by atoms with Gasteiger partial charge in [0.15, 0.2) is 5.78 Å². The van der Waals surface area contributed by atoms with Crippen molar-refractivity contribution in [1.82, 2.24) is 9.88 Å². The van der Waals surface area contributed by atoms with Crippen LogP contribution in [-0.4, -0.2) is 39.0 Å². The molecule has 0 atom stereocenters. The molecule has 0 radical (unpaired) electrons. The number of ketones is 1. The maximum atomic E-state index is 13.2. The molecule has 34 heavy (non-hydrogen) atoms. The zero-order valence-corrected chi connectivity index (χ0v) is 19.1. The predicted molar refractivity (Wildman–Crippen MR) is 128 cm³/mol. The number of pyridine rings is 1. The van der Waals surface area contributed by atoms with E-state index in [1.54, 1.807) is 12.1 Å². The van der Waals surface area contributed by atoms with Gasteiger partial charge in [0.2, 0.25) is 0 Å². The number of hydrogen-bond donors (Lipinski definition) is 3. The van der Waals surface area contributed by atoms with Crippen molar-refractivity contribution in [1.29, 1.82) is 0 Å². The molecule has 9 heteroatoms. The second-order valence-electron chi connectivity index (χ2n) is 7.94. The topological polar surface area (TPSA) is 126 Å². The fourth-order valence-electron chi connectivity index (χ4n) is 3.87. The molecule has 2 heterocycles. The predicted octanol–water partition coefficient (Wildman–Crippen LogP) is 3.03. The van der Waals surface area contributed by atoms with Crippen molar-refractivity contribution in [3.05, 3.63) is 86.8 Å². The number of aromatic hydroxyl groups is 1. The molecule has 0 saturated carbocycles. The number of carbonyl (C=O) groups is 3. The van der Waals surface area contributed by atoms with Crippen molar-refractivity contribution in [2.24, 2.45) is 0 Å². The first-order valence-corrected chi connectivity index (χ1v) is 11.7. The number of aliphatic carboxylic acids is 1. The van der Waals surface area contributed by atoms with Crippen molar-refractivity contribution in [3.8, 4) is 16.9 Å². The summed E-state index contributed by atoms with van der Waals surface area (Å²) < 4.78 is 1.47. The molecule has 1 amide bonds. The quantitative estimate of drug-likeness (QED) is 0.446. The normalized spacial score (nSPS) is 12.3. The van der Waals surface area contributed by atoms with Gasteiger partial charge in [-0.05, 0) is 23.6 Å². The molecule has 4 rings (SSSR count). The van der Waals surface area contributed by atoms with Crippen LogP contribution in [0.15, 0.2) is 53.3 Å². The molecule has 1 aliphatic heterocycles. The number of aromatic nitrogens is 1. The summed E-state index contributed by atoms with van der Waals surface area (Å²) in [6, 6.07) is 14.9. The Bertz CT molecular complexity index is 1340. The minimum atomic E-state index is -1.25. The highest BCUT2D eigenvalue weighted by Gasteiger charge is 2.28. The number of fused-ring (bicyclic) bond motifs is 1. The molecule has 0 saturated heterocycles. The number of Topliss-reactive ketones (excluding diaryl/α,β-unsaturated/α-hetero) is 1. The summed E-state index contributed by atoms with van der Waals surface area (Å²) in [7, 11) is 0. The lowest BCUT2D eigenvalue weighted by Crippen LogP contribution is -2.37. The van der Waals surface area contributed by atoms with Crippen molar-refractivity contribution in [2.75, 3.05) is 6.54 Å². The third-order valence-corrected chi connectivity index (χ3v) is 6.66. The van der Waals surface area contributed by atoms with E-state index in [2.05, 4.69) is 5.32 Å². The van der Waals surface area contributed by atoms with Crippen LogP contribution in [0.1, 0.15) is 44.5 Å². The summed E-state index contributed by atoms with van der Waals surface area (Å²) in [5.41, 5.74) is 3.45. The van der Waals surface area contributed by atoms with Gasteiger partial charge in [0.25, 0.3) is 11.5 Å². The van der Waals surface area contributed by atoms with E-state index in [1.807, 2.05) is 36.4 Å². The van der Waals surface area contributed by atoms with Crippen molar-refractivity contribution in [2.45, 2.75) is 25.0 Å². The maximum absolute atomic E-state index is 13.2. The van der Waals surface area contributed by atoms with Gasteiger partial charge in [0.05, 0.1) is 6.54 Å². The van der Waals surface area contributed by atoms with Crippen LogP contribution in [0, 0.1) is 0 Å². The summed E-state index contributed by atoms with van der Waals surface area (Å²) in [5, 5.41) is 21.6. The maximum Gasteiger partial charge on any atom is 0.322 e. The molecule has 0 fully saturated rings. The monoisotopic (exact) mass is 478 g/mol. The molecule has 8 nitrogen and oxygen atoms in total. The Morgan fingerprint density at radius 1 is 1.00 bits per heavy atom. The summed E-state index contributed by atoms with van der Waals surface area (Å²) in [4.78, 5) is 47.9. The number of nitrogens with zero attached hydrogens (tertiary/aromatic N) is 1. The van der Waals surface area contributed by atoms with Gasteiger partial charge in [-0.15, -0.1) is 0 Å². The van der Waals surface area contributed by atoms with Crippen LogP contribution in [0.25, 0.3) is 11.1 Å². The molecule has 0 bridgehead atoms. The second kappa shape index (κ2) is 9.56. The van der Waals surface area contributed by atoms with Gasteiger partial charge < -0.3 is 20.1 Å². The SMILES string of the molecule is CC(=O)c1ccc(-c2ccc(Cn3c4c(c(O)c(C(=O)NCC(=O)O)c3=O)CSC4)cc2)cc1. The molecular formula is C25H22N2O6S. The Labute approximate surface area is 199 Å². The Balaban J connectivity index is 1.65. The summed E-state index contributed by atoms with van der Waals surface area (Å²) >= 11 is 1.52. The first-order chi connectivity index (χ1) is 16.3. The number of hydrogen-bond acceptors (Lipinski definition) is 6. The number of rotatable bonds is 7. The molecule has 0 unspecified atom stereocenters. The number of amides is 1. The third-order valence-electron chi connectivity index (χ3n) is 5.69. The fourth-order valence-corrected chi connectivity index (χ4v) is 5.01. The van der Waals surface area contributed by atoms with E-state index in [4.69, 9.17) is 5.11 Å². The van der Waals surface area contributed by atoms with Crippen LogP contribution in [0.3, 0.4) is 0 Å². The first kappa shape index (κ1) is 23.3. The lowest BCUT2D eigenvalue weighted by Gasteiger charge is -2.16. The van der Waals surface area contributed by atoms with E-state index in [9.17, 15) is 24.3 Å². The van der Waals surface area contributed by atoms with E-state index in [0.717, 1.165) is 16.7 Å². The van der Waals surface area contributed by atoms with Gasteiger partial charge >= 0.3 is 5.97 Å². The van der Waals surface area contributed by atoms with Gasteiger partial charge in [0.1, 0.15) is 17.9 Å². The fraction of sp³-hybridized carbons (Fsp3) is 0.200. The Kier molecular flexibility index (Phi) is 6.56. The highest BCUT2D eigenvalue weighted by molar-refractivity contribution is 7.98. The Hall–Kier alpha value is -3.85. The molecule has 1 aromatic heterocycles. The Morgan fingerprint density at radius 2 is 1.62 bits per heavy atom. The van der Waals surface area contributed by atoms with E-state index in [-0.39, 0.29) is 18.1 Å². The summed E-state index contributed by atoms with van der Waals surface area (Å²) in [5.74, 6) is -1.56. The lowest BCUT2D eigenvalue weighted by atomic mass is 10.0. The molecular weight excluding hydrogens is 456 g/mol. The number of carboxylic acid groups (broad SMARTS) is 1. The van der Waals surface area contributed by atoms with Crippen LogP contribution >= 0.6 is 11.8 Å². The highest BCUT2D eigenvalue weighted by Crippen LogP contribution is 2.36. The molecule has 0 aliphatic carbocycles. The molecule has 0 spiro atoms. The molecule has 3 N–H and O–H groups in total. The molecule has 3 aromatic rings. The van der Waals surface area contributed by atoms with Gasteiger partial charge in [0, 0.05) is 28.3 Å². The zero-order chi connectivity index (χ0) is 24.4. The largest absolute Gasteiger partial charge is 0.507 e. The van der Waals surface area contributed by atoms with Gasteiger partial charge in [-0.2, -0.15) is 11.8 Å². The van der Waals surface area contributed by atoms with Gasteiger partial charge in [-0.3, -0.25) is 19.2 Å². The van der Waals surface area contributed by atoms with Crippen molar-refractivity contribution >= 4 is 29.4 Å². The van der Waals surface area contributed by atoms with E-state index in [1.165, 1.54) is 23.3 Å². The van der Waals surface area contributed by atoms with E-state index < -0.39 is 29.5 Å². The average molecular weight is 479 g/mol. The zero-order valence-electron chi connectivity index (χ0n) is 18.3. The van der Waals surface area contributed by atoms with Crippen molar-refractivity contribution in [3.63, 3.8) is 0 Å². The highest BCUT2D eigenvalue weighted by atomic mass is 32.2. The third kappa shape index (κ3) is 4.60. The van der Waals surface area contributed by atoms with Gasteiger partial charge in [-0.25, -0.2) is 0 Å². The minimum Gasteiger partial charge on any atom is -0.507 e. The molecule has 174 valence electrons. The number of benzene rings is 2. The molecule has 1 aliphatic rings. The van der Waals surface area contributed by atoms with Crippen molar-refractivity contribution < 1.29 is 24.6 Å². The number of carbonyl (C=O) groups excluding carboxylic acids is 2. The average Bonchev–Trinajstić information content (AvgIpc) is 3.31.